The van der Waals surface area contributed by atoms with E-state index in [-0.39, 0.29) is 30.3 Å². The predicted octanol–water partition coefficient (Wildman–Crippen LogP) is 4.68. The van der Waals surface area contributed by atoms with Crippen LogP contribution in [0.25, 0.3) is 10.9 Å². The molecule has 2 atom stereocenters. The largest absolute Gasteiger partial charge is 0.342 e. The number of carbonyl (C=O) groups is 2. The van der Waals surface area contributed by atoms with E-state index in [9.17, 15) is 9.59 Å². The number of aromatic nitrogens is 1. The van der Waals surface area contributed by atoms with Crippen LogP contribution in [0.1, 0.15) is 50.7 Å². The summed E-state index contributed by atoms with van der Waals surface area (Å²) in [6.45, 7) is 3.68. The van der Waals surface area contributed by atoms with E-state index >= 15 is 0 Å². The second kappa shape index (κ2) is 9.21. The molecule has 2 bridgehead atoms. The normalized spacial score (nSPS) is 22.1. The minimum absolute atomic E-state index is 0.0502. The second-order valence-corrected chi connectivity index (χ2v) is 10.5. The number of hydrogen-bond acceptors (Lipinski definition) is 3. The van der Waals surface area contributed by atoms with E-state index in [0.29, 0.717) is 5.92 Å². The van der Waals surface area contributed by atoms with Gasteiger partial charge in [-0.25, -0.2) is 0 Å². The van der Waals surface area contributed by atoms with E-state index < -0.39 is 5.54 Å². The zero-order chi connectivity index (χ0) is 23.7. The summed E-state index contributed by atoms with van der Waals surface area (Å²) in [6, 6.07) is 20.7. The highest BCUT2D eigenvalue weighted by atomic mass is 16.2. The maximum Gasteiger partial charge on any atom is 0.248 e. The molecule has 2 aliphatic heterocycles. The molecule has 34 heavy (non-hydrogen) atoms. The fourth-order valence-electron chi connectivity index (χ4n) is 5.99. The maximum absolute atomic E-state index is 13.6. The monoisotopic (exact) mass is 455 g/mol. The Kier molecular flexibility index (Phi) is 6.11. The van der Waals surface area contributed by atoms with E-state index in [2.05, 4.69) is 39.5 Å². The lowest BCUT2D eigenvalue weighted by Gasteiger charge is -2.43. The van der Waals surface area contributed by atoms with Gasteiger partial charge in [0.05, 0.1) is 11.9 Å². The highest BCUT2D eigenvalue weighted by molar-refractivity contribution is 5.92. The molecule has 0 aliphatic carbocycles. The third-order valence-electron chi connectivity index (χ3n) is 7.50. The summed E-state index contributed by atoms with van der Waals surface area (Å²) in [7, 11) is 0. The van der Waals surface area contributed by atoms with Gasteiger partial charge in [-0.2, -0.15) is 0 Å². The molecule has 2 saturated heterocycles. The molecule has 2 unspecified atom stereocenters. The van der Waals surface area contributed by atoms with Gasteiger partial charge >= 0.3 is 0 Å². The second-order valence-electron chi connectivity index (χ2n) is 10.5. The molecular formula is C29H33N3O2. The van der Waals surface area contributed by atoms with Gasteiger partial charge in [0.2, 0.25) is 11.8 Å². The molecule has 2 fully saturated rings. The van der Waals surface area contributed by atoms with Crippen LogP contribution in [-0.4, -0.2) is 39.3 Å². The Hall–Kier alpha value is -3.21. The Labute approximate surface area is 201 Å². The molecule has 0 radical (unpaired) electrons. The van der Waals surface area contributed by atoms with Crippen molar-refractivity contribution in [2.75, 3.05) is 0 Å². The minimum Gasteiger partial charge on any atom is -0.342 e. The van der Waals surface area contributed by atoms with Crippen molar-refractivity contribution < 1.29 is 9.59 Å². The average molecular weight is 456 g/mol. The Balaban J connectivity index is 1.24. The number of amides is 2. The zero-order valence-electron chi connectivity index (χ0n) is 20.0. The molecule has 5 nitrogen and oxygen atoms in total. The SMILES string of the molecule is CC(C)(NC(=O)Cc1ccccc1)C(=O)N1C2CCC1CC(Cc1cccc3ncccc13)C2. The number of nitrogens with zero attached hydrogens (tertiary/aromatic N) is 2. The van der Waals surface area contributed by atoms with Crippen molar-refractivity contribution >= 4 is 22.7 Å². The Morgan fingerprint density at radius 2 is 1.71 bits per heavy atom. The van der Waals surface area contributed by atoms with E-state index in [1.807, 2.05) is 56.4 Å². The zero-order valence-corrected chi connectivity index (χ0v) is 20.0. The summed E-state index contributed by atoms with van der Waals surface area (Å²) in [5, 5.41) is 4.24. The lowest BCUT2D eigenvalue weighted by Crippen LogP contribution is -2.60. The Bertz CT molecular complexity index is 1170. The van der Waals surface area contributed by atoms with E-state index in [4.69, 9.17) is 0 Å². The number of pyridine rings is 1. The average Bonchev–Trinajstić information content (AvgIpc) is 3.08. The molecule has 3 heterocycles. The number of hydrogen-bond donors (Lipinski definition) is 1. The number of carbonyl (C=O) groups excluding carboxylic acids is 2. The molecule has 0 saturated carbocycles. The van der Waals surface area contributed by atoms with Crippen LogP contribution in [0.2, 0.25) is 0 Å². The fraction of sp³-hybridized carbons (Fsp3) is 0.414. The van der Waals surface area contributed by atoms with Crippen molar-refractivity contribution in [2.24, 2.45) is 5.92 Å². The van der Waals surface area contributed by atoms with E-state index in [1.54, 1.807) is 0 Å². The number of piperidine rings is 1. The molecule has 2 amide bonds. The first kappa shape index (κ1) is 22.6. The van der Waals surface area contributed by atoms with Crippen molar-refractivity contribution in [3.63, 3.8) is 0 Å². The number of nitrogens with one attached hydrogen (secondary N) is 1. The maximum atomic E-state index is 13.6. The lowest BCUT2D eigenvalue weighted by molar-refractivity contribution is -0.145. The third-order valence-corrected chi connectivity index (χ3v) is 7.50. The van der Waals surface area contributed by atoms with Crippen LogP contribution in [-0.2, 0) is 22.4 Å². The van der Waals surface area contributed by atoms with E-state index in [1.165, 1.54) is 10.9 Å². The van der Waals surface area contributed by atoms with Gasteiger partial charge in [-0.05, 0) is 75.1 Å². The van der Waals surface area contributed by atoms with Crippen LogP contribution >= 0.6 is 0 Å². The van der Waals surface area contributed by atoms with E-state index in [0.717, 1.165) is 43.2 Å². The van der Waals surface area contributed by atoms with Crippen molar-refractivity contribution in [1.82, 2.24) is 15.2 Å². The van der Waals surface area contributed by atoms with Gasteiger partial charge in [0.15, 0.2) is 0 Å². The molecule has 0 spiro atoms. The smallest absolute Gasteiger partial charge is 0.248 e. The molecule has 2 aliphatic rings. The first-order valence-corrected chi connectivity index (χ1v) is 12.4. The number of rotatable bonds is 6. The van der Waals surface area contributed by atoms with Gasteiger partial charge in [0.1, 0.15) is 5.54 Å². The van der Waals surface area contributed by atoms with Crippen LogP contribution in [0.15, 0.2) is 66.9 Å². The first-order valence-electron chi connectivity index (χ1n) is 12.4. The number of fused-ring (bicyclic) bond motifs is 3. The van der Waals surface area contributed by atoms with Crippen LogP contribution < -0.4 is 5.32 Å². The molecule has 1 N–H and O–H groups in total. The molecule has 176 valence electrons. The summed E-state index contributed by atoms with van der Waals surface area (Å²) in [5.41, 5.74) is 2.43. The fourth-order valence-corrected chi connectivity index (χ4v) is 5.99. The van der Waals surface area contributed by atoms with Crippen LogP contribution in [0.5, 0.6) is 0 Å². The van der Waals surface area contributed by atoms with Crippen molar-refractivity contribution in [1.29, 1.82) is 0 Å². The van der Waals surface area contributed by atoms with Gasteiger partial charge in [-0.3, -0.25) is 14.6 Å². The number of benzene rings is 2. The van der Waals surface area contributed by atoms with Crippen LogP contribution in [0.3, 0.4) is 0 Å². The highest BCUT2D eigenvalue weighted by Crippen LogP contribution is 2.41. The van der Waals surface area contributed by atoms with Crippen LogP contribution in [0.4, 0.5) is 0 Å². The van der Waals surface area contributed by atoms with Gasteiger partial charge in [0.25, 0.3) is 0 Å². The van der Waals surface area contributed by atoms with Gasteiger partial charge in [-0.15, -0.1) is 0 Å². The minimum atomic E-state index is -0.916. The molecule has 5 rings (SSSR count). The lowest BCUT2D eigenvalue weighted by atomic mass is 9.84. The highest BCUT2D eigenvalue weighted by Gasteiger charge is 2.47. The van der Waals surface area contributed by atoms with Gasteiger partial charge < -0.3 is 10.2 Å². The Morgan fingerprint density at radius 1 is 0.971 bits per heavy atom. The summed E-state index contributed by atoms with van der Waals surface area (Å²) in [5.74, 6) is 0.494. The van der Waals surface area contributed by atoms with Crippen LogP contribution in [0, 0.1) is 5.92 Å². The van der Waals surface area contributed by atoms with Crippen molar-refractivity contribution in [3.05, 3.63) is 78.0 Å². The molecule has 5 heteroatoms. The van der Waals surface area contributed by atoms with Crippen molar-refractivity contribution in [2.45, 2.75) is 70.0 Å². The summed E-state index contributed by atoms with van der Waals surface area (Å²) < 4.78 is 0. The van der Waals surface area contributed by atoms with Gasteiger partial charge in [0, 0.05) is 23.7 Å². The topological polar surface area (TPSA) is 62.3 Å². The molecule has 2 aromatic carbocycles. The quantitative estimate of drug-likeness (QED) is 0.587. The first-order chi connectivity index (χ1) is 16.4. The third kappa shape index (κ3) is 4.56. The standard InChI is InChI=1S/C29H33N3O2/c1-29(2,31-27(33)19-20-8-4-3-5-9-20)28(34)32-23-13-14-24(32)18-21(17-23)16-22-10-6-12-26-25(22)11-7-15-30-26/h3-12,15,21,23-24H,13-14,16-19H2,1-2H3,(H,31,33). The molecular weight excluding hydrogens is 422 g/mol. The molecule has 3 aromatic rings. The summed E-state index contributed by atoms with van der Waals surface area (Å²) in [4.78, 5) is 32.9. The predicted molar refractivity (Wildman–Crippen MR) is 134 cm³/mol. The van der Waals surface area contributed by atoms with Gasteiger partial charge in [-0.1, -0.05) is 48.5 Å². The summed E-state index contributed by atoms with van der Waals surface area (Å²) >= 11 is 0. The Morgan fingerprint density at radius 3 is 2.44 bits per heavy atom. The summed E-state index contributed by atoms with van der Waals surface area (Å²) in [6.07, 6.45) is 7.30. The van der Waals surface area contributed by atoms with Crippen molar-refractivity contribution in [3.8, 4) is 0 Å². The molecule has 1 aromatic heterocycles.